The van der Waals surface area contributed by atoms with Crippen LogP contribution in [0.15, 0.2) is 157 Å². The molecule has 0 amide bonds. The number of H-pyrrole nitrogens is 1. The van der Waals surface area contributed by atoms with Crippen LogP contribution in [0.5, 0.6) is 0 Å². The molecule has 4 nitrogen and oxygen atoms in total. The Balaban J connectivity index is 0.985. The highest BCUT2D eigenvalue weighted by atomic mass is 16.1. The summed E-state index contributed by atoms with van der Waals surface area (Å²) in [5, 5.41) is 8.64. The van der Waals surface area contributed by atoms with Crippen LogP contribution >= 0.6 is 0 Å². The zero-order chi connectivity index (χ0) is 34.6. The third kappa shape index (κ3) is 5.54. The third-order valence-electron chi connectivity index (χ3n) is 10.8. The zero-order valence-electron chi connectivity index (χ0n) is 29.0. The molecule has 1 aliphatic carbocycles. The number of nitrogens with zero attached hydrogens (tertiary/aromatic N) is 1. The van der Waals surface area contributed by atoms with Gasteiger partial charge in [0.2, 0.25) is 0 Å². The predicted octanol–water partition coefficient (Wildman–Crippen LogP) is 11.2. The molecule has 1 aliphatic rings. The maximum Gasteiger partial charge on any atom is 0.271 e. The zero-order valence-corrected chi connectivity index (χ0v) is 29.0. The van der Waals surface area contributed by atoms with Gasteiger partial charge in [0, 0.05) is 37.1 Å². The van der Waals surface area contributed by atoms with Gasteiger partial charge >= 0.3 is 0 Å². The van der Waals surface area contributed by atoms with Crippen molar-refractivity contribution in [1.82, 2.24) is 9.55 Å². The molecule has 9 rings (SSSR count). The van der Waals surface area contributed by atoms with E-state index in [1.807, 2.05) is 29.9 Å². The average molecular weight is 662 g/mol. The van der Waals surface area contributed by atoms with Crippen molar-refractivity contribution >= 4 is 27.2 Å². The van der Waals surface area contributed by atoms with E-state index >= 15 is 0 Å². The highest BCUT2D eigenvalue weighted by Crippen LogP contribution is 2.50. The number of hydrogen-bond donors (Lipinski definition) is 2. The monoisotopic (exact) mass is 661 g/mol. The molecule has 248 valence electrons. The van der Waals surface area contributed by atoms with Crippen LogP contribution in [-0.4, -0.2) is 15.6 Å². The van der Waals surface area contributed by atoms with Gasteiger partial charge in [0.25, 0.3) is 5.56 Å². The van der Waals surface area contributed by atoms with Gasteiger partial charge < -0.3 is 14.9 Å². The molecule has 0 aliphatic heterocycles. The van der Waals surface area contributed by atoms with Gasteiger partial charge in [0.05, 0.1) is 0 Å². The van der Waals surface area contributed by atoms with Crippen LogP contribution < -0.4 is 10.9 Å². The molecular weight excluding hydrogens is 623 g/mol. The first-order chi connectivity index (χ1) is 24.9. The number of pyridine rings is 1. The van der Waals surface area contributed by atoms with Crippen molar-refractivity contribution in [3.63, 3.8) is 0 Å². The van der Waals surface area contributed by atoms with E-state index in [1.54, 1.807) is 0 Å². The summed E-state index contributed by atoms with van der Waals surface area (Å²) < 4.78 is 2.04. The highest BCUT2D eigenvalue weighted by molar-refractivity contribution is 6.21. The Hall–Kier alpha value is -6.13. The van der Waals surface area contributed by atoms with Crippen molar-refractivity contribution in [2.45, 2.75) is 25.8 Å². The van der Waals surface area contributed by atoms with Crippen molar-refractivity contribution in [1.29, 1.82) is 0 Å². The molecule has 51 heavy (non-hydrogen) atoms. The summed E-state index contributed by atoms with van der Waals surface area (Å²) in [7, 11) is 2.02. The van der Waals surface area contributed by atoms with Gasteiger partial charge in [-0.05, 0) is 97.1 Å². The number of benzene rings is 6. The number of anilines is 1. The molecule has 1 unspecified atom stereocenters. The Bertz CT molecular complexity index is 2610. The van der Waals surface area contributed by atoms with E-state index in [1.165, 1.54) is 60.5 Å². The topological polar surface area (TPSA) is 49.8 Å². The Morgan fingerprint density at radius 3 is 1.92 bits per heavy atom. The summed E-state index contributed by atoms with van der Waals surface area (Å²) in [6.07, 6.45) is 4.15. The molecule has 8 aromatic rings. The fraction of sp³-hybridized carbons (Fsp3) is 0.128. The second-order valence-corrected chi connectivity index (χ2v) is 14.1. The summed E-state index contributed by atoms with van der Waals surface area (Å²) in [6, 6.07) is 50.1. The van der Waals surface area contributed by atoms with Crippen LogP contribution in [0, 0.1) is 12.8 Å². The van der Waals surface area contributed by atoms with Crippen LogP contribution in [0.4, 0.5) is 5.69 Å². The summed E-state index contributed by atoms with van der Waals surface area (Å²) in [4.78, 5) is 16.4. The van der Waals surface area contributed by atoms with E-state index in [0.717, 1.165) is 16.8 Å². The molecule has 1 fully saturated rings. The quantitative estimate of drug-likeness (QED) is 0.167. The summed E-state index contributed by atoms with van der Waals surface area (Å²) in [5.41, 5.74) is 12.2. The molecule has 6 aromatic carbocycles. The van der Waals surface area contributed by atoms with Crippen molar-refractivity contribution in [3.05, 3.63) is 173 Å². The third-order valence-corrected chi connectivity index (χ3v) is 10.8. The van der Waals surface area contributed by atoms with E-state index < -0.39 is 0 Å². The van der Waals surface area contributed by atoms with E-state index in [0.29, 0.717) is 17.5 Å². The molecule has 4 heteroatoms. The van der Waals surface area contributed by atoms with E-state index in [4.69, 9.17) is 0 Å². The summed E-state index contributed by atoms with van der Waals surface area (Å²) in [5.74, 6) is 0.745. The molecule has 2 aromatic heterocycles. The van der Waals surface area contributed by atoms with Gasteiger partial charge in [-0.15, -0.1) is 0 Å². The van der Waals surface area contributed by atoms with Gasteiger partial charge in [-0.25, -0.2) is 0 Å². The second kappa shape index (κ2) is 12.3. The maximum absolute atomic E-state index is 13.3. The smallest absolute Gasteiger partial charge is 0.271 e. The predicted molar refractivity (Wildman–Crippen MR) is 213 cm³/mol. The number of aromatic amines is 1. The lowest BCUT2D eigenvalue weighted by Crippen LogP contribution is -2.17. The number of hydrogen-bond acceptors (Lipinski definition) is 2. The molecule has 2 heterocycles. The van der Waals surface area contributed by atoms with Crippen LogP contribution in [0.2, 0.25) is 0 Å². The lowest BCUT2D eigenvalue weighted by atomic mass is 9.85. The van der Waals surface area contributed by atoms with Crippen molar-refractivity contribution < 1.29 is 0 Å². The standard InChI is InChI=1S/C47H39N3O/c1-29-13-22-39-40(27-29)45(38-12-8-7-11-37(38)44(39)33-9-5-4-6-10-33)35-20-18-34(19-21-35)43-30(2)46(43)48-42-24-23-41(49-47(42)51)32-16-14-31(15-17-32)36-25-26-50(3)28-36/h4-28,30,43,46,48H,1-3H3,(H,49,51)/t30-,43?,46+/m0/s1. The SMILES string of the molecule is Cc1ccc2c(-c3ccccc3)c3ccccc3c(-c3ccc(C4[C@H](C)[C@H]4Nc4ccc(-c5ccc(-c6ccn(C)c6)cc5)[nH]c4=O)cc3)c2c1. The van der Waals surface area contributed by atoms with Crippen molar-refractivity contribution in [2.75, 3.05) is 5.32 Å². The molecular formula is C47H39N3O. The molecule has 0 bridgehead atoms. The minimum atomic E-state index is -0.0965. The summed E-state index contributed by atoms with van der Waals surface area (Å²) >= 11 is 0. The summed E-state index contributed by atoms with van der Waals surface area (Å²) in [6.45, 7) is 4.44. The minimum absolute atomic E-state index is 0.0965. The number of fused-ring (bicyclic) bond motifs is 2. The van der Waals surface area contributed by atoms with Crippen LogP contribution in [0.1, 0.15) is 24.0 Å². The van der Waals surface area contributed by atoms with Gasteiger partial charge in [-0.1, -0.05) is 134 Å². The van der Waals surface area contributed by atoms with Gasteiger partial charge in [-0.2, -0.15) is 0 Å². The van der Waals surface area contributed by atoms with Crippen LogP contribution in [-0.2, 0) is 7.05 Å². The van der Waals surface area contributed by atoms with Crippen molar-refractivity contribution in [2.24, 2.45) is 13.0 Å². The molecule has 0 spiro atoms. The molecule has 2 N–H and O–H groups in total. The van der Waals surface area contributed by atoms with E-state index in [-0.39, 0.29) is 11.6 Å². The van der Waals surface area contributed by atoms with Crippen LogP contribution in [0.25, 0.3) is 66.2 Å². The van der Waals surface area contributed by atoms with E-state index in [9.17, 15) is 4.79 Å². The fourth-order valence-electron chi connectivity index (χ4n) is 8.04. The Morgan fingerprint density at radius 2 is 1.24 bits per heavy atom. The average Bonchev–Trinajstić information content (AvgIpc) is 3.57. The highest BCUT2D eigenvalue weighted by Gasteiger charge is 2.47. The first-order valence-corrected chi connectivity index (χ1v) is 17.8. The molecule has 1 saturated carbocycles. The van der Waals surface area contributed by atoms with Crippen molar-refractivity contribution in [3.8, 4) is 44.6 Å². The van der Waals surface area contributed by atoms with Crippen LogP contribution in [0.3, 0.4) is 0 Å². The first kappa shape index (κ1) is 30.9. The molecule has 3 atom stereocenters. The second-order valence-electron chi connectivity index (χ2n) is 14.1. The van der Waals surface area contributed by atoms with E-state index in [2.05, 4.69) is 158 Å². The lowest BCUT2D eigenvalue weighted by molar-refractivity contribution is 0.901. The maximum atomic E-state index is 13.3. The van der Waals surface area contributed by atoms with Gasteiger partial charge in [0.1, 0.15) is 5.69 Å². The Labute approximate surface area is 298 Å². The molecule has 0 radical (unpaired) electrons. The normalized spacial score (nSPS) is 16.8. The van der Waals surface area contributed by atoms with Gasteiger partial charge in [0.15, 0.2) is 0 Å². The molecule has 0 saturated heterocycles. The lowest BCUT2D eigenvalue weighted by Gasteiger charge is -2.18. The Kier molecular flexibility index (Phi) is 7.47. The largest absolute Gasteiger partial charge is 0.377 e. The number of aryl methyl sites for hydroxylation is 2. The fourth-order valence-corrected chi connectivity index (χ4v) is 8.04. The number of nitrogens with one attached hydrogen (secondary N) is 2. The first-order valence-electron chi connectivity index (χ1n) is 17.8. The number of rotatable bonds is 7. The minimum Gasteiger partial charge on any atom is -0.377 e. The number of aromatic nitrogens is 2. The Morgan fingerprint density at radius 1 is 0.608 bits per heavy atom. The van der Waals surface area contributed by atoms with Gasteiger partial charge in [-0.3, -0.25) is 4.79 Å².